The van der Waals surface area contributed by atoms with Crippen molar-refractivity contribution in [2.75, 3.05) is 33.2 Å². The van der Waals surface area contributed by atoms with E-state index in [1.54, 1.807) is 19.2 Å². The molecular weight excluding hydrogens is 520 g/mol. The van der Waals surface area contributed by atoms with Crippen LogP contribution in [0.25, 0.3) is 0 Å². The zero-order chi connectivity index (χ0) is 21.9. The maximum atomic E-state index is 12.9. The Balaban J connectivity index is 0.00000363. The third-order valence-electron chi connectivity index (χ3n) is 5.42. The number of carbonyl (C=O) groups is 1. The van der Waals surface area contributed by atoms with Crippen molar-refractivity contribution in [3.05, 3.63) is 71.5 Å². The third kappa shape index (κ3) is 9.12. The number of benzene rings is 2. The molecule has 0 bridgehead atoms. The van der Waals surface area contributed by atoms with Crippen molar-refractivity contribution < 1.29 is 9.18 Å². The van der Waals surface area contributed by atoms with E-state index in [1.807, 2.05) is 0 Å². The normalized spacial score (nSPS) is 15.0. The maximum Gasteiger partial charge on any atom is 0.224 e. The number of amides is 1. The van der Waals surface area contributed by atoms with Gasteiger partial charge in [-0.15, -0.1) is 24.0 Å². The van der Waals surface area contributed by atoms with E-state index in [9.17, 15) is 9.18 Å². The first kappa shape index (κ1) is 26.1. The summed E-state index contributed by atoms with van der Waals surface area (Å²) >= 11 is 0. The van der Waals surface area contributed by atoms with E-state index in [-0.39, 0.29) is 42.1 Å². The molecule has 0 unspecified atom stereocenters. The largest absolute Gasteiger partial charge is 0.355 e. The van der Waals surface area contributed by atoms with Gasteiger partial charge in [0.1, 0.15) is 5.82 Å². The van der Waals surface area contributed by atoms with Crippen molar-refractivity contribution in [3.8, 4) is 0 Å². The maximum absolute atomic E-state index is 12.9. The molecule has 0 aliphatic carbocycles. The highest BCUT2D eigenvalue weighted by atomic mass is 127. The van der Waals surface area contributed by atoms with Gasteiger partial charge in [-0.1, -0.05) is 42.5 Å². The summed E-state index contributed by atoms with van der Waals surface area (Å²) in [7, 11) is 1.76. The van der Waals surface area contributed by atoms with E-state index in [0.29, 0.717) is 19.1 Å². The Hall–Kier alpha value is -2.20. The summed E-state index contributed by atoms with van der Waals surface area (Å²) in [6.07, 6.45) is 2.39. The van der Waals surface area contributed by atoms with E-state index in [2.05, 4.69) is 56.2 Å². The highest BCUT2D eigenvalue weighted by Gasteiger charge is 2.20. The smallest absolute Gasteiger partial charge is 0.224 e. The first-order valence-corrected chi connectivity index (χ1v) is 10.9. The number of hydrogen-bond acceptors (Lipinski definition) is 3. The average Bonchev–Trinajstić information content (AvgIpc) is 2.79. The lowest BCUT2D eigenvalue weighted by Crippen LogP contribution is -2.49. The fourth-order valence-electron chi connectivity index (χ4n) is 3.70. The number of hydrogen-bond donors (Lipinski definition) is 3. The van der Waals surface area contributed by atoms with Crippen LogP contribution in [0, 0.1) is 5.82 Å². The molecule has 0 spiro atoms. The molecule has 1 aliphatic heterocycles. The Labute approximate surface area is 207 Å². The lowest BCUT2D eigenvalue weighted by Gasteiger charge is -2.33. The summed E-state index contributed by atoms with van der Waals surface area (Å²) < 4.78 is 12.9. The van der Waals surface area contributed by atoms with Crippen molar-refractivity contribution in [3.63, 3.8) is 0 Å². The molecule has 1 heterocycles. The zero-order valence-electron chi connectivity index (χ0n) is 18.5. The van der Waals surface area contributed by atoms with Crippen molar-refractivity contribution in [2.24, 2.45) is 4.99 Å². The van der Waals surface area contributed by atoms with Crippen LogP contribution in [0.15, 0.2) is 59.6 Å². The minimum atomic E-state index is -0.297. The number of halogens is 2. The fourth-order valence-corrected chi connectivity index (χ4v) is 3.70. The molecule has 1 amide bonds. The molecule has 1 saturated heterocycles. The van der Waals surface area contributed by atoms with Crippen LogP contribution < -0.4 is 16.0 Å². The topological polar surface area (TPSA) is 68.8 Å². The van der Waals surface area contributed by atoms with E-state index in [4.69, 9.17) is 0 Å². The molecule has 1 fully saturated rings. The van der Waals surface area contributed by atoms with Crippen LogP contribution in [-0.2, 0) is 17.8 Å². The predicted octanol–water partition coefficient (Wildman–Crippen LogP) is 2.93. The number of likely N-dealkylation sites (tertiary alicyclic amines) is 1. The standard InChI is InChI=1S/C24H32FN5O.HI/c1-26-24(28-14-13-27-23(31)17-19-7-9-21(25)10-8-19)29-22-11-15-30(16-12-22)18-20-5-3-2-4-6-20;/h2-10,22H,11-18H2,1H3,(H,27,31)(H2,26,28,29);1H. The van der Waals surface area contributed by atoms with Gasteiger partial charge in [0.25, 0.3) is 0 Å². The Morgan fingerprint density at radius 3 is 2.31 bits per heavy atom. The van der Waals surface area contributed by atoms with E-state index < -0.39 is 0 Å². The van der Waals surface area contributed by atoms with Crippen LogP contribution in [0.3, 0.4) is 0 Å². The van der Waals surface area contributed by atoms with E-state index >= 15 is 0 Å². The molecule has 2 aromatic rings. The average molecular weight is 553 g/mol. The minimum Gasteiger partial charge on any atom is -0.355 e. The zero-order valence-corrected chi connectivity index (χ0v) is 20.8. The van der Waals surface area contributed by atoms with Crippen molar-refractivity contribution in [1.29, 1.82) is 0 Å². The molecule has 0 atom stereocenters. The highest BCUT2D eigenvalue weighted by Crippen LogP contribution is 2.13. The highest BCUT2D eigenvalue weighted by molar-refractivity contribution is 14.0. The van der Waals surface area contributed by atoms with Crippen LogP contribution in [0.4, 0.5) is 4.39 Å². The molecular formula is C24H33FIN5O. The number of aliphatic imine (C=N–C) groups is 1. The monoisotopic (exact) mass is 553 g/mol. The quantitative estimate of drug-likeness (QED) is 0.204. The van der Waals surface area contributed by atoms with Crippen molar-refractivity contribution in [1.82, 2.24) is 20.9 Å². The molecule has 0 saturated carbocycles. The van der Waals surface area contributed by atoms with Crippen LogP contribution in [0.1, 0.15) is 24.0 Å². The lowest BCUT2D eigenvalue weighted by molar-refractivity contribution is -0.120. The van der Waals surface area contributed by atoms with Crippen LogP contribution in [-0.4, -0.2) is 56.0 Å². The molecule has 32 heavy (non-hydrogen) atoms. The predicted molar refractivity (Wildman–Crippen MR) is 138 cm³/mol. The van der Waals surface area contributed by atoms with Gasteiger partial charge < -0.3 is 16.0 Å². The van der Waals surface area contributed by atoms with Gasteiger partial charge >= 0.3 is 0 Å². The van der Waals surface area contributed by atoms with Gasteiger partial charge in [0.2, 0.25) is 5.91 Å². The molecule has 6 nitrogen and oxygen atoms in total. The number of nitrogens with zero attached hydrogens (tertiary/aromatic N) is 2. The SMILES string of the molecule is CN=C(NCCNC(=O)Cc1ccc(F)cc1)NC1CCN(Cc2ccccc2)CC1.I. The van der Waals surface area contributed by atoms with Gasteiger partial charge in [-0.25, -0.2) is 4.39 Å². The summed E-state index contributed by atoms with van der Waals surface area (Å²) in [6, 6.07) is 17.0. The second kappa shape index (κ2) is 14.1. The number of guanidine groups is 1. The van der Waals surface area contributed by atoms with E-state index in [1.165, 1.54) is 17.7 Å². The Kier molecular flexibility index (Phi) is 11.4. The molecule has 174 valence electrons. The van der Waals surface area contributed by atoms with Gasteiger partial charge in [-0.3, -0.25) is 14.7 Å². The molecule has 2 aromatic carbocycles. The summed E-state index contributed by atoms with van der Waals surface area (Å²) in [4.78, 5) is 18.8. The van der Waals surface area contributed by atoms with Crippen molar-refractivity contribution >= 4 is 35.8 Å². The molecule has 0 radical (unpaired) electrons. The fraction of sp³-hybridized carbons (Fsp3) is 0.417. The van der Waals surface area contributed by atoms with Crippen LogP contribution >= 0.6 is 24.0 Å². The van der Waals surface area contributed by atoms with Gasteiger partial charge in [0.15, 0.2) is 5.96 Å². The molecule has 3 N–H and O–H groups in total. The van der Waals surface area contributed by atoms with Gasteiger partial charge in [0, 0.05) is 45.8 Å². The summed E-state index contributed by atoms with van der Waals surface area (Å²) in [5, 5.41) is 9.62. The first-order valence-electron chi connectivity index (χ1n) is 10.9. The third-order valence-corrected chi connectivity index (χ3v) is 5.42. The van der Waals surface area contributed by atoms with Gasteiger partial charge in [-0.2, -0.15) is 0 Å². The lowest BCUT2D eigenvalue weighted by atomic mass is 10.0. The van der Waals surface area contributed by atoms with Crippen LogP contribution in [0.2, 0.25) is 0 Å². The summed E-state index contributed by atoms with van der Waals surface area (Å²) in [6.45, 7) is 4.20. The molecule has 8 heteroatoms. The van der Waals surface area contributed by atoms with E-state index in [0.717, 1.165) is 44.0 Å². The molecule has 0 aromatic heterocycles. The number of carbonyl (C=O) groups excluding carboxylic acids is 1. The number of piperidine rings is 1. The summed E-state index contributed by atoms with van der Waals surface area (Å²) in [5.74, 6) is 0.380. The molecule has 1 aliphatic rings. The number of rotatable bonds is 8. The Bertz CT molecular complexity index is 839. The van der Waals surface area contributed by atoms with Crippen LogP contribution in [0.5, 0.6) is 0 Å². The van der Waals surface area contributed by atoms with Gasteiger partial charge in [0.05, 0.1) is 6.42 Å². The van der Waals surface area contributed by atoms with Crippen molar-refractivity contribution in [2.45, 2.75) is 31.8 Å². The first-order chi connectivity index (χ1) is 15.1. The second-order valence-corrected chi connectivity index (χ2v) is 7.83. The minimum absolute atomic E-state index is 0. The Morgan fingerprint density at radius 1 is 1.00 bits per heavy atom. The number of nitrogens with one attached hydrogen (secondary N) is 3. The van der Waals surface area contributed by atoms with Gasteiger partial charge in [-0.05, 0) is 36.1 Å². The summed E-state index contributed by atoms with van der Waals surface area (Å²) in [5.41, 5.74) is 2.15. The Morgan fingerprint density at radius 2 is 1.66 bits per heavy atom. The molecule has 3 rings (SSSR count). The second-order valence-electron chi connectivity index (χ2n) is 7.83.